The standard InChI is InChI=1S/C31H25Cl2N3O3S/c1-20-8-5-6-11-22(20)18-27(36-30(38)21-9-3-2-4-10-21)31(39)34-23-14-16-24(17-15-23)40-19-28(37)35-26-13-7-12-25(32)29(26)33/h2-18H,19H2,1H3,(H,34,39)(H,35,37)(H,36,38)/b27-18-. The Morgan fingerprint density at radius 3 is 2.23 bits per heavy atom. The van der Waals surface area contributed by atoms with Gasteiger partial charge in [0.15, 0.2) is 0 Å². The summed E-state index contributed by atoms with van der Waals surface area (Å²) in [6.45, 7) is 1.93. The second-order valence-corrected chi connectivity index (χ2v) is 10.5. The van der Waals surface area contributed by atoms with Crippen LogP contribution in [0.4, 0.5) is 11.4 Å². The molecule has 0 bridgehead atoms. The Morgan fingerprint density at radius 1 is 0.800 bits per heavy atom. The third-order valence-corrected chi connectivity index (χ3v) is 7.56. The number of thioether (sulfide) groups is 1. The average Bonchev–Trinajstić information content (AvgIpc) is 2.96. The number of rotatable bonds is 9. The molecule has 202 valence electrons. The minimum Gasteiger partial charge on any atom is -0.324 e. The van der Waals surface area contributed by atoms with Crippen molar-refractivity contribution in [1.29, 1.82) is 0 Å². The fraction of sp³-hybridized carbons (Fsp3) is 0.0645. The van der Waals surface area contributed by atoms with Crippen LogP contribution in [0.15, 0.2) is 108 Å². The molecule has 0 fully saturated rings. The first-order valence-electron chi connectivity index (χ1n) is 12.2. The summed E-state index contributed by atoms with van der Waals surface area (Å²) in [6, 6.07) is 28.4. The Bertz CT molecular complexity index is 1560. The number of benzene rings is 4. The van der Waals surface area contributed by atoms with Gasteiger partial charge in [-0.1, -0.05) is 71.7 Å². The molecule has 0 saturated heterocycles. The normalized spacial score (nSPS) is 11.0. The van der Waals surface area contributed by atoms with Crippen LogP contribution in [0.2, 0.25) is 10.0 Å². The third kappa shape index (κ3) is 7.99. The molecular formula is C31H25Cl2N3O3S. The Balaban J connectivity index is 1.41. The smallest absolute Gasteiger partial charge is 0.272 e. The fourth-order valence-electron chi connectivity index (χ4n) is 3.62. The maximum atomic E-state index is 13.2. The lowest BCUT2D eigenvalue weighted by Crippen LogP contribution is -2.30. The molecule has 0 aliphatic heterocycles. The van der Waals surface area contributed by atoms with Crippen molar-refractivity contribution in [3.63, 3.8) is 0 Å². The van der Waals surface area contributed by atoms with E-state index in [0.717, 1.165) is 16.0 Å². The van der Waals surface area contributed by atoms with Gasteiger partial charge in [0.2, 0.25) is 5.91 Å². The summed E-state index contributed by atoms with van der Waals surface area (Å²) in [6.07, 6.45) is 1.65. The molecule has 0 saturated carbocycles. The summed E-state index contributed by atoms with van der Waals surface area (Å²) in [5.41, 5.74) is 3.31. The van der Waals surface area contributed by atoms with Crippen molar-refractivity contribution in [2.75, 3.05) is 16.4 Å². The third-order valence-electron chi connectivity index (χ3n) is 5.72. The Morgan fingerprint density at radius 2 is 1.50 bits per heavy atom. The van der Waals surface area contributed by atoms with Gasteiger partial charge < -0.3 is 16.0 Å². The van der Waals surface area contributed by atoms with Gasteiger partial charge in [-0.05, 0) is 72.7 Å². The van der Waals surface area contributed by atoms with E-state index in [-0.39, 0.29) is 23.3 Å². The molecule has 0 spiro atoms. The molecule has 3 amide bonds. The van der Waals surface area contributed by atoms with Crippen LogP contribution in [-0.4, -0.2) is 23.5 Å². The van der Waals surface area contributed by atoms with Crippen molar-refractivity contribution in [2.45, 2.75) is 11.8 Å². The number of anilines is 2. The Kier molecular flexibility index (Phi) is 10.0. The van der Waals surface area contributed by atoms with Gasteiger partial charge in [-0.2, -0.15) is 0 Å². The van der Waals surface area contributed by atoms with E-state index >= 15 is 0 Å². The van der Waals surface area contributed by atoms with E-state index < -0.39 is 5.91 Å². The predicted molar refractivity (Wildman–Crippen MR) is 164 cm³/mol. The van der Waals surface area contributed by atoms with Gasteiger partial charge in [-0.15, -0.1) is 11.8 Å². The highest BCUT2D eigenvalue weighted by molar-refractivity contribution is 8.00. The quantitative estimate of drug-likeness (QED) is 0.140. The van der Waals surface area contributed by atoms with Crippen molar-refractivity contribution < 1.29 is 14.4 Å². The summed E-state index contributed by atoms with van der Waals surface area (Å²) in [7, 11) is 0. The number of nitrogens with one attached hydrogen (secondary N) is 3. The molecule has 0 aromatic heterocycles. The highest BCUT2D eigenvalue weighted by Crippen LogP contribution is 2.30. The fourth-order valence-corrected chi connectivity index (χ4v) is 4.66. The van der Waals surface area contributed by atoms with Crippen LogP contribution in [-0.2, 0) is 9.59 Å². The van der Waals surface area contributed by atoms with Crippen LogP contribution in [0.5, 0.6) is 0 Å². The first-order valence-corrected chi connectivity index (χ1v) is 14.0. The Labute approximate surface area is 246 Å². The molecular weight excluding hydrogens is 565 g/mol. The van der Waals surface area contributed by atoms with Gasteiger partial charge >= 0.3 is 0 Å². The molecule has 4 aromatic carbocycles. The maximum Gasteiger partial charge on any atom is 0.272 e. The second-order valence-electron chi connectivity index (χ2n) is 8.65. The molecule has 4 aromatic rings. The van der Waals surface area contributed by atoms with E-state index in [1.165, 1.54) is 11.8 Å². The SMILES string of the molecule is Cc1ccccc1/C=C(\NC(=O)c1ccccc1)C(=O)Nc1ccc(SCC(=O)Nc2cccc(Cl)c2Cl)cc1. The van der Waals surface area contributed by atoms with Crippen molar-refractivity contribution in [3.05, 3.63) is 129 Å². The molecule has 0 unspecified atom stereocenters. The first kappa shape index (κ1) is 29.0. The minimum absolute atomic E-state index is 0.109. The maximum absolute atomic E-state index is 13.2. The molecule has 9 heteroatoms. The van der Waals surface area contributed by atoms with Crippen molar-refractivity contribution in [2.24, 2.45) is 0 Å². The second kappa shape index (κ2) is 13.8. The van der Waals surface area contributed by atoms with E-state index in [0.29, 0.717) is 27.0 Å². The number of carbonyl (C=O) groups is 3. The zero-order valence-electron chi connectivity index (χ0n) is 21.4. The lowest BCUT2D eigenvalue weighted by atomic mass is 10.1. The van der Waals surface area contributed by atoms with Crippen LogP contribution in [0.3, 0.4) is 0 Å². The molecule has 40 heavy (non-hydrogen) atoms. The number of amides is 3. The number of carbonyl (C=O) groups excluding carboxylic acids is 3. The van der Waals surface area contributed by atoms with E-state index in [1.54, 1.807) is 72.8 Å². The molecule has 6 nitrogen and oxygen atoms in total. The molecule has 3 N–H and O–H groups in total. The van der Waals surface area contributed by atoms with Gasteiger partial charge in [0.1, 0.15) is 5.70 Å². The first-order chi connectivity index (χ1) is 19.3. The lowest BCUT2D eigenvalue weighted by Gasteiger charge is -2.12. The number of hydrogen-bond acceptors (Lipinski definition) is 4. The zero-order chi connectivity index (χ0) is 28.5. The van der Waals surface area contributed by atoms with Crippen LogP contribution < -0.4 is 16.0 Å². The molecule has 4 rings (SSSR count). The highest BCUT2D eigenvalue weighted by Gasteiger charge is 2.16. The van der Waals surface area contributed by atoms with Crippen molar-refractivity contribution >= 4 is 70.1 Å². The van der Waals surface area contributed by atoms with Crippen molar-refractivity contribution in [3.8, 4) is 0 Å². The van der Waals surface area contributed by atoms with Crippen LogP contribution >= 0.6 is 35.0 Å². The number of hydrogen-bond donors (Lipinski definition) is 3. The van der Waals surface area contributed by atoms with Crippen LogP contribution in [0.25, 0.3) is 6.08 Å². The summed E-state index contributed by atoms with van der Waals surface area (Å²) in [5.74, 6) is -0.930. The van der Waals surface area contributed by atoms with Gasteiger partial charge in [0.05, 0.1) is 21.5 Å². The van der Waals surface area contributed by atoms with Gasteiger partial charge in [-0.25, -0.2) is 0 Å². The number of halogens is 2. The molecule has 0 aliphatic carbocycles. The van der Waals surface area contributed by atoms with Crippen LogP contribution in [0.1, 0.15) is 21.5 Å². The topological polar surface area (TPSA) is 87.3 Å². The summed E-state index contributed by atoms with van der Waals surface area (Å²) in [5, 5.41) is 8.98. The summed E-state index contributed by atoms with van der Waals surface area (Å²) in [4.78, 5) is 39.3. The van der Waals surface area contributed by atoms with Gasteiger partial charge in [0.25, 0.3) is 11.8 Å². The molecule has 0 radical (unpaired) electrons. The van der Waals surface area contributed by atoms with E-state index in [9.17, 15) is 14.4 Å². The molecule has 0 heterocycles. The van der Waals surface area contributed by atoms with Gasteiger partial charge in [0, 0.05) is 16.1 Å². The van der Waals surface area contributed by atoms with E-state index in [1.807, 2.05) is 37.3 Å². The average molecular weight is 591 g/mol. The zero-order valence-corrected chi connectivity index (χ0v) is 23.7. The van der Waals surface area contributed by atoms with E-state index in [2.05, 4.69) is 16.0 Å². The molecule has 0 aliphatic rings. The van der Waals surface area contributed by atoms with Crippen LogP contribution in [0, 0.1) is 6.92 Å². The summed E-state index contributed by atoms with van der Waals surface area (Å²) < 4.78 is 0. The highest BCUT2D eigenvalue weighted by atomic mass is 35.5. The lowest BCUT2D eigenvalue weighted by molar-refractivity contribution is -0.114. The predicted octanol–water partition coefficient (Wildman–Crippen LogP) is 7.44. The number of aryl methyl sites for hydroxylation is 1. The van der Waals surface area contributed by atoms with E-state index in [4.69, 9.17) is 23.2 Å². The largest absolute Gasteiger partial charge is 0.324 e. The van der Waals surface area contributed by atoms with Crippen molar-refractivity contribution in [1.82, 2.24) is 5.32 Å². The Hall–Kier alpha value is -4.04. The molecule has 0 atom stereocenters. The monoisotopic (exact) mass is 589 g/mol. The minimum atomic E-state index is -0.467. The summed E-state index contributed by atoms with van der Waals surface area (Å²) >= 11 is 13.5. The van der Waals surface area contributed by atoms with Gasteiger partial charge in [-0.3, -0.25) is 14.4 Å².